The Morgan fingerprint density at radius 3 is 2.38 bits per heavy atom. The van der Waals surface area contributed by atoms with Gasteiger partial charge in [-0.15, -0.1) is 12.4 Å². The maximum absolute atomic E-state index is 12.8. The maximum Gasteiger partial charge on any atom is 0.254 e. The van der Waals surface area contributed by atoms with Gasteiger partial charge in [0, 0.05) is 24.7 Å². The molecule has 1 aliphatic rings. The Morgan fingerprint density at radius 2 is 1.86 bits per heavy atom. The average Bonchev–Trinajstić information content (AvgIpc) is 2.37. The highest BCUT2D eigenvalue weighted by molar-refractivity contribution is 5.97. The third-order valence-corrected chi connectivity index (χ3v) is 4.38. The lowest BCUT2D eigenvalue weighted by atomic mass is 9.91. The van der Waals surface area contributed by atoms with Crippen LogP contribution in [0.3, 0.4) is 0 Å². The van der Waals surface area contributed by atoms with E-state index in [-0.39, 0.29) is 24.4 Å². The summed E-state index contributed by atoms with van der Waals surface area (Å²) in [6.07, 6.45) is 2.19. The lowest BCUT2D eigenvalue weighted by molar-refractivity contribution is 0.0659. The molecule has 21 heavy (non-hydrogen) atoms. The Morgan fingerprint density at radius 1 is 1.29 bits per heavy atom. The fourth-order valence-electron chi connectivity index (χ4n) is 3.30. The molecule has 1 aliphatic heterocycles. The zero-order valence-electron chi connectivity index (χ0n) is 13.5. The van der Waals surface area contributed by atoms with Crippen LogP contribution in [0.25, 0.3) is 0 Å². The number of hydrogen-bond acceptors (Lipinski definition) is 2. The van der Waals surface area contributed by atoms with Crippen LogP contribution in [0.15, 0.2) is 12.1 Å². The molecule has 1 aromatic rings. The van der Waals surface area contributed by atoms with E-state index in [9.17, 15) is 4.79 Å². The molecule has 0 aromatic heterocycles. The van der Waals surface area contributed by atoms with Gasteiger partial charge in [0.25, 0.3) is 5.91 Å². The third kappa shape index (κ3) is 3.98. The van der Waals surface area contributed by atoms with Crippen LogP contribution in [0.1, 0.15) is 46.8 Å². The number of likely N-dealkylation sites (tertiary alicyclic amines) is 1. The zero-order chi connectivity index (χ0) is 14.9. The summed E-state index contributed by atoms with van der Waals surface area (Å²) in [5, 5.41) is 0. The average molecular weight is 311 g/mol. The van der Waals surface area contributed by atoms with E-state index in [0.717, 1.165) is 42.6 Å². The number of carbonyl (C=O) groups excluding carboxylic acids is 1. The van der Waals surface area contributed by atoms with E-state index in [2.05, 4.69) is 19.1 Å². The summed E-state index contributed by atoms with van der Waals surface area (Å²) in [6, 6.07) is 4.34. The zero-order valence-corrected chi connectivity index (χ0v) is 14.3. The normalized spacial score (nSPS) is 19.9. The molecular formula is C17H27ClN2O. The van der Waals surface area contributed by atoms with Crippen molar-refractivity contribution in [2.24, 2.45) is 11.7 Å². The van der Waals surface area contributed by atoms with Crippen LogP contribution in [0.2, 0.25) is 0 Å². The van der Waals surface area contributed by atoms with Gasteiger partial charge < -0.3 is 10.6 Å². The van der Waals surface area contributed by atoms with Gasteiger partial charge >= 0.3 is 0 Å². The Balaban J connectivity index is 0.00000220. The molecule has 0 radical (unpaired) electrons. The van der Waals surface area contributed by atoms with E-state index in [1.54, 1.807) is 0 Å². The van der Waals surface area contributed by atoms with Crippen molar-refractivity contribution < 1.29 is 4.79 Å². The predicted octanol–water partition coefficient (Wildman–Crippen LogP) is 3.23. The number of nitrogens with two attached hydrogens (primary N) is 1. The minimum Gasteiger partial charge on any atom is -0.338 e. The third-order valence-electron chi connectivity index (χ3n) is 4.38. The summed E-state index contributed by atoms with van der Waals surface area (Å²) in [6.45, 7) is 9.82. The summed E-state index contributed by atoms with van der Waals surface area (Å²) in [5.41, 5.74) is 10.3. The van der Waals surface area contributed by atoms with E-state index >= 15 is 0 Å². The first kappa shape index (κ1) is 18.0. The van der Waals surface area contributed by atoms with Gasteiger partial charge in [0.2, 0.25) is 0 Å². The second-order valence-electron chi connectivity index (χ2n) is 6.29. The molecule has 0 bridgehead atoms. The quantitative estimate of drug-likeness (QED) is 0.911. The predicted molar refractivity (Wildman–Crippen MR) is 90.2 cm³/mol. The molecule has 1 amide bonds. The molecule has 2 N–H and O–H groups in total. The molecule has 0 spiro atoms. The van der Waals surface area contributed by atoms with E-state index < -0.39 is 0 Å². The van der Waals surface area contributed by atoms with Crippen LogP contribution in [0.5, 0.6) is 0 Å². The standard InChI is InChI=1S/C17H26N2O.ClH/c1-11-8-12(2)16(13(3)9-11)17(20)19-7-5-6-15(10-19)14(4)18;/h8-9,14-15H,5-7,10,18H2,1-4H3;1H. The number of piperidine rings is 1. The summed E-state index contributed by atoms with van der Waals surface area (Å²) >= 11 is 0. The lowest BCUT2D eigenvalue weighted by Gasteiger charge is -2.35. The van der Waals surface area contributed by atoms with Gasteiger partial charge in [0.1, 0.15) is 0 Å². The number of aryl methyl sites for hydroxylation is 3. The number of amides is 1. The topological polar surface area (TPSA) is 46.3 Å². The molecule has 118 valence electrons. The van der Waals surface area contributed by atoms with Gasteiger partial charge in [-0.3, -0.25) is 4.79 Å². The molecular weight excluding hydrogens is 284 g/mol. The summed E-state index contributed by atoms with van der Waals surface area (Å²) in [7, 11) is 0. The minimum atomic E-state index is 0. The minimum absolute atomic E-state index is 0. The van der Waals surface area contributed by atoms with E-state index in [0.29, 0.717) is 5.92 Å². The fourth-order valence-corrected chi connectivity index (χ4v) is 3.30. The molecule has 1 aromatic carbocycles. The number of rotatable bonds is 2. The number of nitrogens with zero attached hydrogens (tertiary/aromatic N) is 1. The van der Waals surface area contributed by atoms with Crippen LogP contribution in [0.4, 0.5) is 0 Å². The van der Waals surface area contributed by atoms with Gasteiger partial charge in [-0.2, -0.15) is 0 Å². The van der Waals surface area contributed by atoms with Crippen molar-refractivity contribution in [3.05, 3.63) is 34.4 Å². The van der Waals surface area contributed by atoms with Crippen molar-refractivity contribution in [1.29, 1.82) is 0 Å². The monoisotopic (exact) mass is 310 g/mol. The van der Waals surface area contributed by atoms with Crippen molar-refractivity contribution in [3.63, 3.8) is 0 Å². The summed E-state index contributed by atoms with van der Waals surface area (Å²) < 4.78 is 0. The van der Waals surface area contributed by atoms with Crippen LogP contribution in [0, 0.1) is 26.7 Å². The maximum atomic E-state index is 12.8. The summed E-state index contributed by atoms with van der Waals surface area (Å²) in [5.74, 6) is 0.601. The van der Waals surface area contributed by atoms with Gasteiger partial charge in [-0.25, -0.2) is 0 Å². The van der Waals surface area contributed by atoms with Crippen LogP contribution < -0.4 is 5.73 Å². The fraction of sp³-hybridized carbons (Fsp3) is 0.588. The number of benzene rings is 1. The van der Waals surface area contributed by atoms with Gasteiger partial charge in [0.05, 0.1) is 0 Å². The first-order valence-electron chi connectivity index (χ1n) is 7.53. The molecule has 2 rings (SSSR count). The molecule has 3 nitrogen and oxygen atoms in total. The van der Waals surface area contributed by atoms with E-state index in [4.69, 9.17) is 5.73 Å². The second kappa shape index (κ2) is 7.28. The number of hydrogen-bond donors (Lipinski definition) is 1. The van der Waals surface area contributed by atoms with Crippen LogP contribution >= 0.6 is 12.4 Å². The Bertz CT molecular complexity index is 491. The smallest absolute Gasteiger partial charge is 0.254 e. The molecule has 1 saturated heterocycles. The molecule has 1 heterocycles. The van der Waals surface area contributed by atoms with Gasteiger partial charge in [-0.05, 0) is 57.6 Å². The van der Waals surface area contributed by atoms with Crippen LogP contribution in [-0.2, 0) is 0 Å². The lowest BCUT2D eigenvalue weighted by Crippen LogP contribution is -2.45. The van der Waals surface area contributed by atoms with Crippen molar-refractivity contribution in [3.8, 4) is 0 Å². The second-order valence-corrected chi connectivity index (χ2v) is 6.29. The van der Waals surface area contributed by atoms with Crippen LogP contribution in [-0.4, -0.2) is 29.9 Å². The van der Waals surface area contributed by atoms with Gasteiger partial charge in [-0.1, -0.05) is 17.7 Å². The Kier molecular flexibility index (Phi) is 6.24. The Labute approximate surface area is 134 Å². The van der Waals surface area contributed by atoms with Gasteiger partial charge in [0.15, 0.2) is 0 Å². The number of halogens is 1. The highest BCUT2D eigenvalue weighted by Crippen LogP contribution is 2.23. The molecule has 0 saturated carbocycles. The van der Waals surface area contributed by atoms with E-state index in [1.165, 1.54) is 5.56 Å². The first-order chi connectivity index (χ1) is 9.40. The Hall–Kier alpha value is -1.06. The molecule has 2 atom stereocenters. The van der Waals surface area contributed by atoms with Crippen molar-refractivity contribution in [2.75, 3.05) is 13.1 Å². The molecule has 0 aliphatic carbocycles. The first-order valence-corrected chi connectivity index (χ1v) is 7.53. The summed E-state index contributed by atoms with van der Waals surface area (Å²) in [4.78, 5) is 14.8. The highest BCUT2D eigenvalue weighted by atomic mass is 35.5. The SMILES string of the molecule is Cc1cc(C)c(C(=O)N2CCCC(C(C)N)C2)c(C)c1.Cl. The van der Waals surface area contributed by atoms with E-state index in [1.807, 2.05) is 25.7 Å². The largest absolute Gasteiger partial charge is 0.338 e. The van der Waals surface area contributed by atoms with Crippen molar-refractivity contribution in [1.82, 2.24) is 4.90 Å². The molecule has 1 fully saturated rings. The van der Waals surface area contributed by atoms with Crippen molar-refractivity contribution in [2.45, 2.75) is 46.6 Å². The molecule has 4 heteroatoms. The highest BCUT2D eigenvalue weighted by Gasteiger charge is 2.27. The molecule has 2 unspecified atom stereocenters. The number of carbonyl (C=O) groups is 1. The van der Waals surface area contributed by atoms with Crippen molar-refractivity contribution >= 4 is 18.3 Å².